The third-order valence-corrected chi connectivity index (χ3v) is 9.54. The zero-order valence-electron chi connectivity index (χ0n) is 20.8. The van der Waals surface area contributed by atoms with Crippen molar-refractivity contribution in [2.45, 2.75) is 24.3 Å². The number of carbonyl (C=O) groups excluding carboxylic acids is 2. The number of carbonyl (C=O) groups is 2. The molecule has 3 heterocycles. The molecular formula is C27H23N3O7S2. The average molecular weight is 566 g/mol. The van der Waals surface area contributed by atoms with Crippen molar-refractivity contribution in [2.75, 3.05) is 24.8 Å². The molecule has 0 saturated heterocycles. The molecule has 1 aromatic heterocycles. The van der Waals surface area contributed by atoms with E-state index in [9.17, 15) is 18.0 Å². The highest BCUT2D eigenvalue weighted by Gasteiger charge is 2.30. The Morgan fingerprint density at radius 3 is 2.56 bits per heavy atom. The first-order chi connectivity index (χ1) is 18.8. The minimum Gasteiger partial charge on any atom is -0.469 e. The van der Waals surface area contributed by atoms with Gasteiger partial charge in [-0.15, -0.1) is 0 Å². The van der Waals surface area contributed by atoms with E-state index >= 15 is 0 Å². The molecule has 6 rings (SSSR count). The second-order valence-corrected chi connectivity index (χ2v) is 11.8. The number of methoxy groups -OCH3 is 1. The number of hydrogen-bond acceptors (Lipinski definition) is 8. The molecule has 0 fully saturated rings. The summed E-state index contributed by atoms with van der Waals surface area (Å²) < 4.78 is 46.3. The first kappa shape index (κ1) is 25.1. The van der Waals surface area contributed by atoms with E-state index < -0.39 is 21.9 Å². The van der Waals surface area contributed by atoms with Gasteiger partial charge in [0.2, 0.25) is 6.79 Å². The Morgan fingerprint density at radius 2 is 1.79 bits per heavy atom. The number of sulfonamides is 1. The van der Waals surface area contributed by atoms with Crippen LogP contribution >= 0.6 is 11.3 Å². The number of esters is 1. The molecule has 2 aliphatic heterocycles. The largest absolute Gasteiger partial charge is 0.469 e. The van der Waals surface area contributed by atoms with E-state index in [0.29, 0.717) is 35.0 Å². The minimum atomic E-state index is -3.78. The van der Waals surface area contributed by atoms with E-state index in [1.807, 2.05) is 24.3 Å². The normalized spacial score (nSPS) is 14.6. The maximum Gasteiger partial charge on any atom is 0.307 e. The average Bonchev–Trinajstić information content (AvgIpc) is 3.67. The number of aromatic nitrogens is 1. The fourth-order valence-electron chi connectivity index (χ4n) is 4.67. The number of para-hydroxylation sites is 1. The molecule has 0 bridgehead atoms. The lowest BCUT2D eigenvalue weighted by Crippen LogP contribution is -2.29. The first-order valence-electron chi connectivity index (χ1n) is 12.1. The van der Waals surface area contributed by atoms with Gasteiger partial charge in [0.1, 0.15) is 0 Å². The van der Waals surface area contributed by atoms with Gasteiger partial charge in [-0.2, -0.15) is 4.99 Å². The summed E-state index contributed by atoms with van der Waals surface area (Å²) in [5.41, 5.74) is 2.64. The van der Waals surface area contributed by atoms with Crippen LogP contribution in [0.15, 0.2) is 70.6 Å². The van der Waals surface area contributed by atoms with Gasteiger partial charge < -0.3 is 18.8 Å². The van der Waals surface area contributed by atoms with Crippen LogP contribution in [-0.2, 0) is 32.5 Å². The Hall–Kier alpha value is -4.16. The maximum absolute atomic E-state index is 13.3. The van der Waals surface area contributed by atoms with Crippen LogP contribution in [0, 0.1) is 0 Å². The maximum atomic E-state index is 13.3. The van der Waals surface area contributed by atoms with Gasteiger partial charge in [0.05, 0.1) is 34.3 Å². The molecule has 0 spiro atoms. The molecule has 0 atom stereocenters. The summed E-state index contributed by atoms with van der Waals surface area (Å²) in [5.74, 6) is 0.239. The van der Waals surface area contributed by atoms with E-state index in [0.717, 1.165) is 15.8 Å². The third-order valence-electron chi connectivity index (χ3n) is 6.68. The van der Waals surface area contributed by atoms with Gasteiger partial charge >= 0.3 is 5.97 Å². The van der Waals surface area contributed by atoms with Crippen molar-refractivity contribution in [3.05, 3.63) is 76.6 Å². The molecule has 200 valence electrons. The van der Waals surface area contributed by atoms with Gasteiger partial charge in [-0.3, -0.25) is 13.9 Å². The Kier molecular flexibility index (Phi) is 6.35. The minimum absolute atomic E-state index is 0.0876. The topological polar surface area (TPSA) is 117 Å². The van der Waals surface area contributed by atoms with Crippen molar-refractivity contribution >= 4 is 49.1 Å². The summed E-state index contributed by atoms with van der Waals surface area (Å²) in [7, 11) is -2.46. The van der Waals surface area contributed by atoms with Crippen LogP contribution in [0.4, 0.5) is 5.69 Å². The summed E-state index contributed by atoms with van der Waals surface area (Å²) in [5, 5.41) is 0. The van der Waals surface area contributed by atoms with E-state index in [4.69, 9.17) is 14.2 Å². The van der Waals surface area contributed by atoms with Crippen LogP contribution in [0.1, 0.15) is 22.3 Å². The zero-order chi connectivity index (χ0) is 27.1. The van der Waals surface area contributed by atoms with Crippen LogP contribution in [0.5, 0.6) is 11.5 Å². The number of aryl methyl sites for hydroxylation is 1. The molecule has 10 nitrogen and oxygen atoms in total. The lowest BCUT2D eigenvalue weighted by Gasteiger charge is -2.19. The third kappa shape index (κ3) is 4.55. The Morgan fingerprint density at radius 1 is 1.05 bits per heavy atom. The second kappa shape index (κ2) is 9.86. The van der Waals surface area contributed by atoms with E-state index in [-0.39, 0.29) is 30.2 Å². The van der Waals surface area contributed by atoms with Gasteiger partial charge in [-0.05, 0) is 42.3 Å². The summed E-state index contributed by atoms with van der Waals surface area (Å²) >= 11 is 1.28. The molecule has 12 heteroatoms. The fourth-order valence-corrected chi connectivity index (χ4v) is 7.24. The standard InChI is InChI=1S/C27H23N3O7S2/c1-35-25(31)11-12-29-21-14-22-23(37-16-36-22)15-24(21)38-27(29)28-26(32)18-6-8-19(9-7-18)39(33,34)30-13-10-17-4-2-3-5-20(17)30/h2-9,14-15H,10-13,16H2,1H3. The number of hydrogen-bond donors (Lipinski definition) is 0. The summed E-state index contributed by atoms with van der Waals surface area (Å²) in [6.07, 6.45) is 0.738. The molecule has 0 N–H and O–H groups in total. The Labute approximate surface area is 227 Å². The summed E-state index contributed by atoms with van der Waals surface area (Å²) in [4.78, 5) is 29.8. The van der Waals surface area contributed by atoms with Gasteiger partial charge in [0.25, 0.3) is 15.9 Å². The van der Waals surface area contributed by atoms with Crippen LogP contribution in [0.3, 0.4) is 0 Å². The molecule has 0 radical (unpaired) electrons. The number of amides is 1. The van der Waals surface area contributed by atoms with Crippen LogP contribution in [-0.4, -0.2) is 45.3 Å². The van der Waals surface area contributed by atoms with Crippen molar-refractivity contribution in [3.63, 3.8) is 0 Å². The molecule has 0 aliphatic carbocycles. The predicted octanol–water partition coefficient (Wildman–Crippen LogP) is 3.49. The predicted molar refractivity (Wildman–Crippen MR) is 144 cm³/mol. The number of rotatable bonds is 6. The Bertz CT molecular complexity index is 1790. The lowest BCUT2D eigenvalue weighted by atomic mass is 10.2. The lowest BCUT2D eigenvalue weighted by molar-refractivity contribution is -0.140. The van der Waals surface area contributed by atoms with Crippen LogP contribution < -0.4 is 18.6 Å². The molecule has 4 aromatic rings. The number of fused-ring (bicyclic) bond motifs is 3. The number of thiazole rings is 1. The van der Waals surface area contributed by atoms with Crippen molar-refractivity contribution in [3.8, 4) is 11.5 Å². The van der Waals surface area contributed by atoms with Crippen molar-refractivity contribution in [1.29, 1.82) is 0 Å². The van der Waals surface area contributed by atoms with E-state index in [1.54, 1.807) is 16.7 Å². The molecule has 3 aromatic carbocycles. The first-order valence-corrected chi connectivity index (χ1v) is 14.4. The van der Waals surface area contributed by atoms with Crippen molar-refractivity contribution in [1.82, 2.24) is 4.57 Å². The molecule has 0 saturated carbocycles. The van der Waals surface area contributed by atoms with Gasteiger partial charge in [-0.1, -0.05) is 29.5 Å². The van der Waals surface area contributed by atoms with E-state index in [1.165, 1.54) is 47.0 Å². The highest BCUT2D eigenvalue weighted by atomic mass is 32.2. The zero-order valence-corrected chi connectivity index (χ0v) is 22.5. The number of ether oxygens (including phenoxy) is 3. The van der Waals surface area contributed by atoms with Crippen LogP contribution in [0.25, 0.3) is 10.2 Å². The number of anilines is 1. The molecular weight excluding hydrogens is 542 g/mol. The monoisotopic (exact) mass is 565 g/mol. The van der Waals surface area contributed by atoms with E-state index in [2.05, 4.69) is 4.99 Å². The highest BCUT2D eigenvalue weighted by Crippen LogP contribution is 2.37. The SMILES string of the molecule is COC(=O)CCn1c(=NC(=O)c2ccc(S(=O)(=O)N3CCc4ccccc43)cc2)sc2cc3c(cc21)OCO3. The quantitative estimate of drug-likeness (QED) is 0.329. The molecule has 0 unspecified atom stereocenters. The number of nitrogens with zero attached hydrogens (tertiary/aromatic N) is 3. The number of benzene rings is 3. The second-order valence-electron chi connectivity index (χ2n) is 8.93. The summed E-state index contributed by atoms with van der Waals surface area (Å²) in [6.45, 7) is 0.738. The fraction of sp³-hybridized carbons (Fsp3) is 0.222. The smallest absolute Gasteiger partial charge is 0.307 e. The van der Waals surface area contributed by atoms with Gasteiger partial charge in [0.15, 0.2) is 16.3 Å². The molecule has 1 amide bonds. The Balaban J connectivity index is 1.32. The van der Waals surface area contributed by atoms with Gasteiger partial charge in [0, 0.05) is 30.8 Å². The van der Waals surface area contributed by atoms with Crippen molar-refractivity contribution < 1.29 is 32.2 Å². The summed E-state index contributed by atoms with van der Waals surface area (Å²) in [6, 6.07) is 16.8. The highest BCUT2D eigenvalue weighted by molar-refractivity contribution is 7.92. The molecule has 2 aliphatic rings. The molecule has 39 heavy (non-hydrogen) atoms. The van der Waals surface area contributed by atoms with Crippen molar-refractivity contribution in [2.24, 2.45) is 4.99 Å². The van der Waals surface area contributed by atoms with Crippen LogP contribution in [0.2, 0.25) is 0 Å². The van der Waals surface area contributed by atoms with Gasteiger partial charge in [-0.25, -0.2) is 8.42 Å².